The summed E-state index contributed by atoms with van der Waals surface area (Å²) in [6, 6.07) is 2.71. The second-order valence-electron chi connectivity index (χ2n) is 4.21. The molecule has 6 nitrogen and oxygen atoms in total. The summed E-state index contributed by atoms with van der Waals surface area (Å²) in [6.07, 6.45) is 2.41. The molecule has 0 saturated heterocycles. The summed E-state index contributed by atoms with van der Waals surface area (Å²) >= 11 is 0. The number of halogens is 2. The van der Waals surface area contributed by atoms with E-state index in [2.05, 4.69) is 10.4 Å². The molecular weight excluding hydrogens is 284 g/mol. The molecule has 0 aliphatic heterocycles. The minimum Gasteiger partial charge on any atom is -0.481 e. The Labute approximate surface area is 118 Å². The van der Waals surface area contributed by atoms with Crippen LogP contribution in [0.2, 0.25) is 0 Å². The highest BCUT2D eigenvalue weighted by atomic mass is 19.1. The van der Waals surface area contributed by atoms with Gasteiger partial charge in [-0.15, -0.1) is 0 Å². The number of carboxylic acids is 1. The molecule has 1 heterocycles. The fourth-order valence-electron chi connectivity index (χ4n) is 1.60. The van der Waals surface area contributed by atoms with Crippen LogP contribution in [-0.2, 0) is 11.3 Å². The largest absolute Gasteiger partial charge is 0.481 e. The van der Waals surface area contributed by atoms with E-state index >= 15 is 0 Å². The molecule has 0 spiro atoms. The van der Waals surface area contributed by atoms with Crippen LogP contribution in [0.15, 0.2) is 30.6 Å². The third kappa shape index (κ3) is 3.85. The summed E-state index contributed by atoms with van der Waals surface area (Å²) < 4.78 is 27.7. The first kappa shape index (κ1) is 14.6. The van der Waals surface area contributed by atoms with Crippen LogP contribution in [0.4, 0.5) is 14.5 Å². The van der Waals surface area contributed by atoms with Crippen molar-refractivity contribution in [1.82, 2.24) is 9.78 Å². The van der Waals surface area contributed by atoms with Gasteiger partial charge < -0.3 is 10.4 Å². The molecule has 21 heavy (non-hydrogen) atoms. The van der Waals surface area contributed by atoms with Crippen molar-refractivity contribution in [3.05, 3.63) is 47.8 Å². The van der Waals surface area contributed by atoms with Gasteiger partial charge in [-0.1, -0.05) is 0 Å². The van der Waals surface area contributed by atoms with E-state index in [0.29, 0.717) is 0 Å². The monoisotopic (exact) mass is 295 g/mol. The van der Waals surface area contributed by atoms with Gasteiger partial charge in [0.1, 0.15) is 11.6 Å². The SMILES string of the molecule is O=C(O)CCn1cc(C(=O)Nc2cc(F)ccc2F)cn1. The Bertz CT molecular complexity index is 685. The topological polar surface area (TPSA) is 84.2 Å². The third-order valence-corrected chi connectivity index (χ3v) is 2.63. The molecule has 0 radical (unpaired) electrons. The number of nitrogens with zero attached hydrogens (tertiary/aromatic N) is 2. The van der Waals surface area contributed by atoms with E-state index in [0.717, 1.165) is 18.2 Å². The molecule has 2 rings (SSSR count). The molecule has 110 valence electrons. The lowest BCUT2D eigenvalue weighted by molar-refractivity contribution is -0.137. The average Bonchev–Trinajstić information content (AvgIpc) is 2.89. The highest BCUT2D eigenvalue weighted by Gasteiger charge is 2.12. The maximum absolute atomic E-state index is 13.4. The highest BCUT2D eigenvalue weighted by molar-refractivity contribution is 6.04. The number of aliphatic carboxylic acids is 1. The van der Waals surface area contributed by atoms with Gasteiger partial charge in [0.05, 0.1) is 30.4 Å². The van der Waals surface area contributed by atoms with Crippen LogP contribution >= 0.6 is 0 Å². The lowest BCUT2D eigenvalue weighted by atomic mass is 10.2. The fourth-order valence-corrected chi connectivity index (χ4v) is 1.60. The predicted octanol–water partition coefficient (Wildman–Crippen LogP) is 1.89. The number of carbonyl (C=O) groups excluding carboxylic acids is 1. The Morgan fingerprint density at radius 1 is 1.33 bits per heavy atom. The summed E-state index contributed by atoms with van der Waals surface area (Å²) in [5, 5.41) is 14.6. The van der Waals surface area contributed by atoms with Crippen molar-refractivity contribution in [2.45, 2.75) is 13.0 Å². The molecule has 0 aliphatic rings. The summed E-state index contributed by atoms with van der Waals surface area (Å²) in [7, 11) is 0. The molecule has 0 atom stereocenters. The Kier molecular flexibility index (Phi) is 4.27. The zero-order chi connectivity index (χ0) is 15.4. The van der Waals surface area contributed by atoms with E-state index in [1.165, 1.54) is 17.1 Å². The number of benzene rings is 1. The molecule has 0 saturated carbocycles. The summed E-state index contributed by atoms with van der Waals surface area (Å²) in [6.45, 7) is 0.108. The van der Waals surface area contributed by atoms with Crippen LogP contribution in [0.25, 0.3) is 0 Å². The molecule has 0 fully saturated rings. The standard InChI is InChI=1S/C13H11F2N3O3/c14-9-1-2-10(15)11(5-9)17-13(21)8-6-16-18(7-8)4-3-12(19)20/h1-2,5-7H,3-4H2,(H,17,21)(H,19,20). The maximum Gasteiger partial charge on any atom is 0.305 e. The number of carbonyl (C=O) groups is 2. The molecule has 1 amide bonds. The molecule has 2 N–H and O–H groups in total. The lowest BCUT2D eigenvalue weighted by Gasteiger charge is -2.04. The number of aromatic nitrogens is 2. The first-order valence-corrected chi connectivity index (χ1v) is 5.96. The minimum atomic E-state index is -0.988. The van der Waals surface area contributed by atoms with E-state index < -0.39 is 23.5 Å². The van der Waals surface area contributed by atoms with Crippen molar-refractivity contribution in [1.29, 1.82) is 0 Å². The summed E-state index contributed by atoms with van der Waals surface area (Å²) in [5.74, 6) is -3.09. The van der Waals surface area contributed by atoms with Crippen LogP contribution in [0.1, 0.15) is 16.8 Å². The molecule has 1 aromatic carbocycles. The molecule has 8 heteroatoms. The highest BCUT2D eigenvalue weighted by Crippen LogP contribution is 2.16. The first-order valence-electron chi connectivity index (χ1n) is 5.96. The fraction of sp³-hybridized carbons (Fsp3) is 0.154. The number of anilines is 1. The van der Waals surface area contributed by atoms with Crippen molar-refractivity contribution in [2.24, 2.45) is 0 Å². The lowest BCUT2D eigenvalue weighted by Crippen LogP contribution is -2.12. The van der Waals surface area contributed by atoms with Crippen molar-refractivity contribution in [2.75, 3.05) is 5.32 Å². The third-order valence-electron chi connectivity index (χ3n) is 2.63. The first-order chi connectivity index (χ1) is 9.95. The molecule has 0 unspecified atom stereocenters. The van der Waals surface area contributed by atoms with Gasteiger partial charge in [0.2, 0.25) is 0 Å². The van der Waals surface area contributed by atoms with Crippen molar-refractivity contribution in [3.63, 3.8) is 0 Å². The van der Waals surface area contributed by atoms with Crippen LogP contribution in [0.5, 0.6) is 0 Å². The van der Waals surface area contributed by atoms with E-state index in [9.17, 15) is 18.4 Å². The van der Waals surface area contributed by atoms with Gasteiger partial charge in [0.15, 0.2) is 0 Å². The number of nitrogens with one attached hydrogen (secondary N) is 1. The van der Waals surface area contributed by atoms with Gasteiger partial charge >= 0.3 is 5.97 Å². The number of amides is 1. The van der Waals surface area contributed by atoms with Crippen LogP contribution in [0.3, 0.4) is 0 Å². The number of hydrogen-bond donors (Lipinski definition) is 2. The Morgan fingerprint density at radius 2 is 2.10 bits per heavy atom. The van der Waals surface area contributed by atoms with Gasteiger partial charge in [-0.05, 0) is 12.1 Å². The van der Waals surface area contributed by atoms with E-state index in [-0.39, 0.29) is 24.2 Å². The van der Waals surface area contributed by atoms with Crippen LogP contribution in [-0.4, -0.2) is 26.8 Å². The smallest absolute Gasteiger partial charge is 0.305 e. The zero-order valence-corrected chi connectivity index (χ0v) is 10.7. The Morgan fingerprint density at radius 3 is 2.81 bits per heavy atom. The zero-order valence-electron chi connectivity index (χ0n) is 10.7. The molecule has 0 aliphatic carbocycles. The number of hydrogen-bond acceptors (Lipinski definition) is 3. The number of aryl methyl sites for hydroxylation is 1. The van der Waals surface area contributed by atoms with Gasteiger partial charge in [-0.2, -0.15) is 5.10 Å². The van der Waals surface area contributed by atoms with Gasteiger partial charge in [0, 0.05) is 12.3 Å². The molecular formula is C13H11F2N3O3. The summed E-state index contributed by atoms with van der Waals surface area (Å²) in [5.41, 5.74) is -0.165. The second-order valence-corrected chi connectivity index (χ2v) is 4.21. The van der Waals surface area contributed by atoms with Crippen LogP contribution < -0.4 is 5.32 Å². The molecule has 1 aromatic heterocycles. The van der Waals surface area contributed by atoms with Crippen molar-refractivity contribution >= 4 is 17.6 Å². The van der Waals surface area contributed by atoms with Gasteiger partial charge in [0.25, 0.3) is 5.91 Å². The number of carboxylic acid groups (broad SMARTS) is 1. The summed E-state index contributed by atoms with van der Waals surface area (Å²) in [4.78, 5) is 22.3. The van der Waals surface area contributed by atoms with E-state index in [4.69, 9.17) is 5.11 Å². The van der Waals surface area contributed by atoms with Gasteiger partial charge in [-0.25, -0.2) is 8.78 Å². The maximum atomic E-state index is 13.4. The second kappa shape index (κ2) is 6.12. The predicted molar refractivity (Wildman–Crippen MR) is 68.8 cm³/mol. The number of rotatable bonds is 5. The van der Waals surface area contributed by atoms with Crippen LogP contribution in [0, 0.1) is 11.6 Å². The molecule has 2 aromatic rings. The Balaban J connectivity index is 2.06. The van der Waals surface area contributed by atoms with E-state index in [1.54, 1.807) is 0 Å². The van der Waals surface area contributed by atoms with Crippen molar-refractivity contribution in [3.8, 4) is 0 Å². The molecule has 0 bridgehead atoms. The van der Waals surface area contributed by atoms with Gasteiger partial charge in [-0.3, -0.25) is 14.3 Å². The minimum absolute atomic E-state index is 0.108. The Hall–Kier alpha value is -2.77. The van der Waals surface area contributed by atoms with Crippen molar-refractivity contribution < 1.29 is 23.5 Å². The van der Waals surface area contributed by atoms with E-state index in [1.807, 2.05) is 0 Å². The quantitative estimate of drug-likeness (QED) is 0.882. The average molecular weight is 295 g/mol. The normalized spacial score (nSPS) is 10.4.